The summed E-state index contributed by atoms with van der Waals surface area (Å²) in [4.78, 5) is 18.2. The predicted octanol–water partition coefficient (Wildman–Crippen LogP) is 2.81. The molecular formula is C17H20ClN3O. The van der Waals surface area contributed by atoms with Gasteiger partial charge in [-0.05, 0) is 55.1 Å². The molecule has 0 spiro atoms. The highest BCUT2D eigenvalue weighted by molar-refractivity contribution is 6.31. The zero-order valence-corrected chi connectivity index (χ0v) is 13.5. The van der Waals surface area contributed by atoms with Crippen LogP contribution in [0, 0.1) is 0 Å². The first-order chi connectivity index (χ1) is 10.6. The van der Waals surface area contributed by atoms with Crippen molar-refractivity contribution in [1.29, 1.82) is 0 Å². The van der Waals surface area contributed by atoms with Gasteiger partial charge in [-0.2, -0.15) is 0 Å². The summed E-state index contributed by atoms with van der Waals surface area (Å²) in [6.45, 7) is 2.92. The van der Waals surface area contributed by atoms with E-state index in [1.165, 1.54) is 5.56 Å². The molecule has 0 bridgehead atoms. The SMILES string of the molecule is Cn1ccc(C2CCN(Cc3ccncc3Cl)CC2)cc1=O. The predicted molar refractivity (Wildman–Crippen MR) is 88.2 cm³/mol. The molecule has 0 aliphatic carbocycles. The van der Waals surface area contributed by atoms with Crippen molar-refractivity contribution in [3.05, 3.63) is 63.3 Å². The summed E-state index contributed by atoms with van der Waals surface area (Å²) in [5.41, 5.74) is 2.37. The Hall–Kier alpha value is -1.65. The number of likely N-dealkylation sites (tertiary alicyclic amines) is 1. The van der Waals surface area contributed by atoms with Crippen LogP contribution in [0.2, 0.25) is 5.02 Å². The first-order valence-electron chi connectivity index (χ1n) is 7.61. The van der Waals surface area contributed by atoms with Gasteiger partial charge >= 0.3 is 0 Å². The molecule has 116 valence electrons. The van der Waals surface area contributed by atoms with Gasteiger partial charge in [-0.3, -0.25) is 14.7 Å². The summed E-state index contributed by atoms with van der Waals surface area (Å²) in [5.74, 6) is 0.484. The van der Waals surface area contributed by atoms with E-state index in [0.29, 0.717) is 5.92 Å². The van der Waals surface area contributed by atoms with E-state index in [2.05, 4.69) is 16.0 Å². The van der Waals surface area contributed by atoms with Crippen LogP contribution in [-0.2, 0) is 13.6 Å². The highest BCUT2D eigenvalue weighted by atomic mass is 35.5. The van der Waals surface area contributed by atoms with Crippen LogP contribution in [0.3, 0.4) is 0 Å². The van der Waals surface area contributed by atoms with E-state index in [4.69, 9.17) is 11.6 Å². The minimum atomic E-state index is 0.0727. The van der Waals surface area contributed by atoms with Gasteiger partial charge in [0.25, 0.3) is 5.56 Å². The molecule has 1 saturated heterocycles. The van der Waals surface area contributed by atoms with E-state index in [0.717, 1.165) is 43.1 Å². The summed E-state index contributed by atoms with van der Waals surface area (Å²) in [7, 11) is 1.78. The molecule has 0 atom stereocenters. The van der Waals surface area contributed by atoms with Gasteiger partial charge in [-0.1, -0.05) is 11.6 Å². The molecular weight excluding hydrogens is 298 g/mol. The number of hydrogen-bond acceptors (Lipinski definition) is 3. The largest absolute Gasteiger partial charge is 0.319 e. The van der Waals surface area contributed by atoms with Crippen molar-refractivity contribution in [2.45, 2.75) is 25.3 Å². The number of halogens is 1. The zero-order valence-electron chi connectivity index (χ0n) is 12.7. The molecule has 0 aromatic carbocycles. The van der Waals surface area contributed by atoms with Crippen molar-refractivity contribution in [2.24, 2.45) is 7.05 Å². The third-order valence-corrected chi connectivity index (χ3v) is 4.78. The molecule has 1 aliphatic rings. The molecule has 3 rings (SSSR count). The monoisotopic (exact) mass is 317 g/mol. The maximum atomic E-state index is 11.8. The van der Waals surface area contributed by atoms with Gasteiger partial charge in [0.15, 0.2) is 0 Å². The van der Waals surface area contributed by atoms with Crippen molar-refractivity contribution in [1.82, 2.24) is 14.5 Å². The van der Waals surface area contributed by atoms with Gasteiger partial charge in [0, 0.05) is 38.2 Å². The molecule has 0 unspecified atom stereocenters. The number of pyridine rings is 2. The number of aromatic nitrogens is 2. The molecule has 0 saturated carbocycles. The number of hydrogen-bond donors (Lipinski definition) is 0. The Morgan fingerprint density at radius 2 is 2.09 bits per heavy atom. The van der Waals surface area contributed by atoms with Gasteiger partial charge < -0.3 is 4.57 Å². The Morgan fingerprint density at radius 1 is 1.32 bits per heavy atom. The minimum Gasteiger partial charge on any atom is -0.319 e. The Balaban J connectivity index is 1.61. The van der Waals surface area contributed by atoms with Crippen LogP contribution >= 0.6 is 11.6 Å². The highest BCUT2D eigenvalue weighted by Crippen LogP contribution is 2.28. The van der Waals surface area contributed by atoms with Crippen LogP contribution in [0.25, 0.3) is 0 Å². The van der Waals surface area contributed by atoms with E-state index < -0.39 is 0 Å². The Labute approximate surface area is 135 Å². The fourth-order valence-corrected chi connectivity index (χ4v) is 3.19. The highest BCUT2D eigenvalue weighted by Gasteiger charge is 2.21. The molecule has 22 heavy (non-hydrogen) atoms. The second-order valence-electron chi connectivity index (χ2n) is 5.93. The minimum absolute atomic E-state index is 0.0727. The quantitative estimate of drug-likeness (QED) is 0.873. The van der Waals surface area contributed by atoms with Gasteiger partial charge in [0.2, 0.25) is 0 Å². The standard InChI is InChI=1S/C17H20ClN3O/c1-20-7-3-14(10-17(20)22)13-4-8-21(9-5-13)12-15-2-6-19-11-16(15)18/h2-3,6-7,10-11,13H,4-5,8-9,12H2,1H3. The Bertz CT molecular complexity index is 705. The lowest BCUT2D eigenvalue weighted by atomic mass is 9.90. The van der Waals surface area contributed by atoms with Gasteiger partial charge in [0.05, 0.1) is 5.02 Å². The summed E-state index contributed by atoms with van der Waals surface area (Å²) >= 11 is 6.17. The van der Waals surface area contributed by atoms with Crippen molar-refractivity contribution < 1.29 is 0 Å². The molecule has 1 aliphatic heterocycles. The summed E-state index contributed by atoms with van der Waals surface area (Å²) in [5, 5.41) is 0.733. The lowest BCUT2D eigenvalue weighted by molar-refractivity contribution is 0.204. The maximum Gasteiger partial charge on any atom is 0.250 e. The first-order valence-corrected chi connectivity index (χ1v) is 7.98. The van der Waals surface area contributed by atoms with Crippen LogP contribution in [0.15, 0.2) is 41.6 Å². The number of aryl methyl sites for hydroxylation is 1. The van der Waals surface area contributed by atoms with Crippen LogP contribution in [-0.4, -0.2) is 27.5 Å². The summed E-state index contributed by atoms with van der Waals surface area (Å²) < 4.78 is 1.62. The molecule has 3 heterocycles. The Morgan fingerprint density at radius 3 is 2.77 bits per heavy atom. The van der Waals surface area contributed by atoms with Gasteiger partial charge in [0.1, 0.15) is 0 Å². The number of rotatable bonds is 3. The van der Waals surface area contributed by atoms with Crippen LogP contribution in [0.1, 0.15) is 29.9 Å². The second-order valence-corrected chi connectivity index (χ2v) is 6.33. The fourth-order valence-electron chi connectivity index (χ4n) is 3.02. The average Bonchev–Trinajstić information content (AvgIpc) is 2.53. The molecule has 0 amide bonds. The lowest BCUT2D eigenvalue weighted by Gasteiger charge is -2.32. The fraction of sp³-hybridized carbons (Fsp3) is 0.412. The smallest absolute Gasteiger partial charge is 0.250 e. The number of piperidine rings is 1. The van der Waals surface area contributed by atoms with E-state index in [9.17, 15) is 4.79 Å². The molecule has 4 nitrogen and oxygen atoms in total. The van der Waals surface area contributed by atoms with E-state index in [1.54, 1.807) is 30.1 Å². The second kappa shape index (κ2) is 6.63. The summed E-state index contributed by atoms with van der Waals surface area (Å²) in [6, 6.07) is 5.83. The van der Waals surface area contributed by atoms with E-state index >= 15 is 0 Å². The topological polar surface area (TPSA) is 38.1 Å². The molecule has 5 heteroatoms. The maximum absolute atomic E-state index is 11.8. The third-order valence-electron chi connectivity index (χ3n) is 4.44. The molecule has 0 radical (unpaired) electrons. The molecule has 2 aromatic heterocycles. The van der Waals surface area contributed by atoms with E-state index in [1.807, 2.05) is 12.3 Å². The molecule has 0 N–H and O–H groups in total. The lowest BCUT2D eigenvalue weighted by Crippen LogP contribution is -2.33. The van der Waals surface area contributed by atoms with Crippen molar-refractivity contribution in [3.63, 3.8) is 0 Å². The molecule has 1 fully saturated rings. The average molecular weight is 318 g/mol. The van der Waals surface area contributed by atoms with Crippen molar-refractivity contribution in [2.75, 3.05) is 13.1 Å². The number of nitrogens with zero attached hydrogens (tertiary/aromatic N) is 3. The van der Waals surface area contributed by atoms with Gasteiger partial charge in [-0.15, -0.1) is 0 Å². The van der Waals surface area contributed by atoms with Crippen LogP contribution in [0.4, 0.5) is 0 Å². The van der Waals surface area contributed by atoms with Crippen molar-refractivity contribution in [3.8, 4) is 0 Å². The Kier molecular flexibility index (Phi) is 4.60. The van der Waals surface area contributed by atoms with Gasteiger partial charge in [-0.25, -0.2) is 0 Å². The third kappa shape index (κ3) is 3.39. The zero-order chi connectivity index (χ0) is 15.5. The van der Waals surface area contributed by atoms with Crippen molar-refractivity contribution >= 4 is 11.6 Å². The molecule has 2 aromatic rings. The van der Waals surface area contributed by atoms with E-state index in [-0.39, 0.29) is 5.56 Å². The van der Waals surface area contributed by atoms with Crippen LogP contribution < -0.4 is 5.56 Å². The first kappa shape index (κ1) is 15.3. The normalized spacial score (nSPS) is 16.8. The summed E-state index contributed by atoms with van der Waals surface area (Å²) in [6.07, 6.45) is 7.50. The van der Waals surface area contributed by atoms with Crippen LogP contribution in [0.5, 0.6) is 0 Å².